The van der Waals surface area contributed by atoms with Crippen molar-refractivity contribution in [3.05, 3.63) is 30.4 Å². The molecule has 5 nitrogen and oxygen atoms in total. The van der Waals surface area contributed by atoms with Gasteiger partial charge in [0.05, 0.1) is 5.52 Å². The fourth-order valence-electron chi connectivity index (χ4n) is 1.54. The summed E-state index contributed by atoms with van der Waals surface area (Å²) in [5, 5.41) is 9.65. The third-order valence-corrected chi connectivity index (χ3v) is 2.19. The molecule has 3 aromatic heterocycles. The van der Waals surface area contributed by atoms with Crippen LogP contribution in [0.25, 0.3) is 22.1 Å². The molecule has 3 rings (SSSR count). The van der Waals surface area contributed by atoms with Crippen LogP contribution >= 0.6 is 0 Å². The highest BCUT2D eigenvalue weighted by molar-refractivity contribution is 5.99. The average Bonchev–Trinajstić information content (AvgIpc) is 2.84. The topological polar surface area (TPSA) is 78.2 Å². The first kappa shape index (κ1) is 11.0. The standard InChI is InChI=1S/C10H5N5.C2H6/c11-4-7-14-9-8-6(2-1-3-12-8)5-13-10(9)15-7;1-2/h1-3,5H,(H,13,14,15);1-2H3. The minimum absolute atomic E-state index is 0.260. The molecule has 84 valence electrons. The maximum Gasteiger partial charge on any atom is 0.212 e. The number of hydrogen-bond donors (Lipinski definition) is 1. The summed E-state index contributed by atoms with van der Waals surface area (Å²) in [6.07, 6.45) is 3.40. The van der Waals surface area contributed by atoms with Gasteiger partial charge in [-0.05, 0) is 12.1 Å². The number of imidazole rings is 1. The van der Waals surface area contributed by atoms with E-state index in [4.69, 9.17) is 5.26 Å². The molecule has 17 heavy (non-hydrogen) atoms. The maximum absolute atomic E-state index is 8.72. The van der Waals surface area contributed by atoms with E-state index in [1.807, 2.05) is 32.0 Å². The molecule has 3 aromatic rings. The third-order valence-electron chi connectivity index (χ3n) is 2.19. The van der Waals surface area contributed by atoms with Gasteiger partial charge in [0.15, 0.2) is 5.65 Å². The van der Waals surface area contributed by atoms with Crippen LogP contribution in [0.1, 0.15) is 19.7 Å². The van der Waals surface area contributed by atoms with Crippen LogP contribution in [0.5, 0.6) is 0 Å². The van der Waals surface area contributed by atoms with Gasteiger partial charge >= 0.3 is 0 Å². The van der Waals surface area contributed by atoms with E-state index in [2.05, 4.69) is 19.9 Å². The highest BCUT2D eigenvalue weighted by Gasteiger charge is 2.07. The van der Waals surface area contributed by atoms with Gasteiger partial charge < -0.3 is 4.98 Å². The molecule has 0 amide bonds. The number of hydrogen-bond acceptors (Lipinski definition) is 4. The van der Waals surface area contributed by atoms with Crippen molar-refractivity contribution >= 4 is 22.1 Å². The molecule has 3 heterocycles. The summed E-state index contributed by atoms with van der Waals surface area (Å²) in [5.74, 6) is 0.260. The van der Waals surface area contributed by atoms with Gasteiger partial charge in [0.25, 0.3) is 0 Å². The first-order valence-electron chi connectivity index (χ1n) is 5.38. The minimum atomic E-state index is 0.260. The number of nitrogens with zero attached hydrogens (tertiary/aromatic N) is 4. The first-order chi connectivity index (χ1) is 8.38. The van der Waals surface area contributed by atoms with E-state index < -0.39 is 0 Å². The highest BCUT2D eigenvalue weighted by atomic mass is 15.0. The van der Waals surface area contributed by atoms with Crippen molar-refractivity contribution in [1.82, 2.24) is 19.9 Å². The molecule has 0 unspecified atom stereocenters. The molecule has 0 spiro atoms. The van der Waals surface area contributed by atoms with E-state index in [0.29, 0.717) is 11.2 Å². The van der Waals surface area contributed by atoms with E-state index in [9.17, 15) is 0 Å². The van der Waals surface area contributed by atoms with E-state index in [-0.39, 0.29) is 5.82 Å². The number of H-pyrrole nitrogens is 1. The lowest BCUT2D eigenvalue weighted by atomic mass is 10.2. The van der Waals surface area contributed by atoms with Crippen LogP contribution < -0.4 is 0 Å². The van der Waals surface area contributed by atoms with Crippen LogP contribution in [-0.2, 0) is 0 Å². The van der Waals surface area contributed by atoms with Crippen LogP contribution in [0.4, 0.5) is 0 Å². The summed E-state index contributed by atoms with van der Waals surface area (Å²) in [6.45, 7) is 4.00. The van der Waals surface area contributed by atoms with E-state index in [1.54, 1.807) is 12.4 Å². The highest BCUT2D eigenvalue weighted by Crippen LogP contribution is 2.18. The summed E-state index contributed by atoms with van der Waals surface area (Å²) in [4.78, 5) is 15.3. The molecule has 0 aliphatic rings. The van der Waals surface area contributed by atoms with Gasteiger partial charge in [-0.25, -0.2) is 4.98 Å². The Balaban J connectivity index is 0.000000514. The molecule has 5 heteroatoms. The summed E-state index contributed by atoms with van der Waals surface area (Å²) < 4.78 is 0. The third kappa shape index (κ3) is 1.81. The SMILES string of the molecule is CC.N#Cc1nc2ncc3cccnc3c2[nH]1. The van der Waals surface area contributed by atoms with Crippen molar-refractivity contribution in [3.63, 3.8) is 0 Å². The summed E-state index contributed by atoms with van der Waals surface area (Å²) in [7, 11) is 0. The number of nitriles is 1. The fraction of sp³-hybridized carbons (Fsp3) is 0.167. The quantitative estimate of drug-likeness (QED) is 0.637. The lowest BCUT2D eigenvalue weighted by molar-refractivity contribution is 1.23. The number of nitrogens with one attached hydrogen (secondary N) is 1. The maximum atomic E-state index is 8.72. The number of rotatable bonds is 0. The van der Waals surface area contributed by atoms with Crippen molar-refractivity contribution in [2.45, 2.75) is 13.8 Å². The second kappa shape index (κ2) is 4.58. The molecule has 1 N–H and O–H groups in total. The lowest BCUT2D eigenvalue weighted by Gasteiger charge is -1.94. The Morgan fingerprint density at radius 1 is 1.29 bits per heavy atom. The van der Waals surface area contributed by atoms with Gasteiger partial charge in [0, 0.05) is 17.8 Å². The minimum Gasteiger partial charge on any atom is -0.326 e. The van der Waals surface area contributed by atoms with E-state index in [1.165, 1.54) is 0 Å². The smallest absolute Gasteiger partial charge is 0.212 e. The zero-order valence-electron chi connectivity index (χ0n) is 9.60. The number of pyridine rings is 2. The van der Waals surface area contributed by atoms with Crippen LogP contribution in [0.3, 0.4) is 0 Å². The molecular weight excluding hydrogens is 214 g/mol. The molecule has 0 aliphatic heterocycles. The van der Waals surface area contributed by atoms with Crippen molar-refractivity contribution in [3.8, 4) is 6.07 Å². The predicted octanol–water partition coefficient (Wildman–Crippen LogP) is 2.40. The number of fused-ring (bicyclic) bond motifs is 3. The molecule has 0 atom stereocenters. The Hall–Kier alpha value is -2.48. The Morgan fingerprint density at radius 3 is 2.88 bits per heavy atom. The largest absolute Gasteiger partial charge is 0.326 e. The van der Waals surface area contributed by atoms with Crippen LogP contribution in [-0.4, -0.2) is 19.9 Å². The summed E-state index contributed by atoms with van der Waals surface area (Å²) >= 11 is 0. The number of aromatic amines is 1. The molecule has 0 radical (unpaired) electrons. The summed E-state index contributed by atoms with van der Waals surface area (Å²) in [5.41, 5.74) is 2.03. The second-order valence-corrected chi connectivity index (χ2v) is 3.10. The van der Waals surface area contributed by atoms with Crippen LogP contribution in [0.15, 0.2) is 24.5 Å². The normalized spacial score (nSPS) is 9.71. The number of aromatic nitrogens is 4. The second-order valence-electron chi connectivity index (χ2n) is 3.10. The van der Waals surface area contributed by atoms with Gasteiger partial charge in [-0.1, -0.05) is 13.8 Å². The van der Waals surface area contributed by atoms with Gasteiger partial charge in [-0.2, -0.15) is 10.2 Å². The van der Waals surface area contributed by atoms with Gasteiger partial charge in [-0.15, -0.1) is 0 Å². The van der Waals surface area contributed by atoms with Crippen molar-refractivity contribution in [2.75, 3.05) is 0 Å². The molecule has 0 fully saturated rings. The van der Waals surface area contributed by atoms with Crippen molar-refractivity contribution in [1.29, 1.82) is 5.26 Å². The summed E-state index contributed by atoms with van der Waals surface area (Å²) in [6, 6.07) is 5.71. The van der Waals surface area contributed by atoms with E-state index >= 15 is 0 Å². The molecule has 0 aliphatic carbocycles. The van der Waals surface area contributed by atoms with Crippen LogP contribution in [0, 0.1) is 11.3 Å². The van der Waals surface area contributed by atoms with E-state index in [0.717, 1.165) is 10.9 Å². The zero-order valence-corrected chi connectivity index (χ0v) is 9.60. The molecule has 0 saturated heterocycles. The van der Waals surface area contributed by atoms with Crippen LogP contribution in [0.2, 0.25) is 0 Å². The monoisotopic (exact) mass is 225 g/mol. The molecule has 0 bridgehead atoms. The molecule has 0 saturated carbocycles. The lowest BCUT2D eigenvalue weighted by Crippen LogP contribution is -1.82. The fourth-order valence-corrected chi connectivity index (χ4v) is 1.54. The Kier molecular flexibility index (Phi) is 2.97. The zero-order chi connectivity index (χ0) is 12.3. The Labute approximate surface area is 98.2 Å². The van der Waals surface area contributed by atoms with Gasteiger partial charge in [0.2, 0.25) is 5.82 Å². The van der Waals surface area contributed by atoms with Crippen molar-refractivity contribution < 1.29 is 0 Å². The average molecular weight is 225 g/mol. The van der Waals surface area contributed by atoms with Gasteiger partial charge in [0.1, 0.15) is 11.6 Å². The first-order valence-corrected chi connectivity index (χ1v) is 5.38. The molecule has 0 aromatic carbocycles. The predicted molar refractivity (Wildman–Crippen MR) is 65.3 cm³/mol. The van der Waals surface area contributed by atoms with Crippen molar-refractivity contribution in [2.24, 2.45) is 0 Å². The van der Waals surface area contributed by atoms with Gasteiger partial charge in [-0.3, -0.25) is 4.98 Å². The molecular formula is C12H11N5. The Morgan fingerprint density at radius 2 is 2.12 bits per heavy atom. The Bertz CT molecular complexity index is 693.